The molecule has 3 aromatic carbocycles. The Balaban J connectivity index is 1.69. The Bertz CT molecular complexity index is 1440. The van der Waals surface area contributed by atoms with Crippen molar-refractivity contribution in [1.29, 1.82) is 5.26 Å². The molecule has 8 nitrogen and oxygen atoms in total. The number of hydrogen-bond donors (Lipinski definition) is 1. The smallest absolute Gasteiger partial charge is 0.343 e. The van der Waals surface area contributed by atoms with E-state index in [4.69, 9.17) is 52.6 Å². The van der Waals surface area contributed by atoms with E-state index in [9.17, 15) is 10.1 Å². The number of nitriles is 1. The molecule has 3 aromatic rings. The number of fused-ring (bicyclic) bond motifs is 1. The van der Waals surface area contributed by atoms with Crippen LogP contribution in [0.15, 0.2) is 60.0 Å². The summed E-state index contributed by atoms with van der Waals surface area (Å²) >= 11 is 12.3. The third-order valence-corrected chi connectivity index (χ3v) is 6.30. The van der Waals surface area contributed by atoms with Gasteiger partial charge in [0.25, 0.3) is 0 Å². The zero-order valence-corrected chi connectivity index (χ0v) is 22.4. The number of carbonyl (C=O) groups excluding carboxylic acids is 1. The van der Waals surface area contributed by atoms with Crippen LogP contribution in [0.4, 0.5) is 0 Å². The van der Waals surface area contributed by atoms with E-state index >= 15 is 0 Å². The number of allylic oxidation sites excluding steroid dienone is 1. The molecular weight excluding hydrogens is 531 g/mol. The van der Waals surface area contributed by atoms with Crippen LogP contribution in [0.3, 0.4) is 0 Å². The number of carbonyl (C=O) groups is 1. The van der Waals surface area contributed by atoms with Crippen LogP contribution in [0.2, 0.25) is 10.0 Å². The Labute approximate surface area is 230 Å². The Kier molecular flexibility index (Phi) is 8.20. The summed E-state index contributed by atoms with van der Waals surface area (Å²) in [6, 6.07) is 15.3. The second-order valence-electron chi connectivity index (χ2n) is 8.06. The van der Waals surface area contributed by atoms with Crippen molar-refractivity contribution in [3.8, 4) is 34.8 Å². The SMILES string of the molecule is CCOc1ccc(C2C(C#N)=C(N)Oc3cc(OC(=O)c4cc(Cl)c(OC)c(Cl)c4)ccc32)cc1OCC. The molecule has 0 fully saturated rings. The van der Waals surface area contributed by atoms with E-state index < -0.39 is 11.9 Å². The number of esters is 1. The van der Waals surface area contributed by atoms with Crippen LogP contribution in [0.5, 0.6) is 28.7 Å². The number of benzene rings is 3. The third kappa shape index (κ3) is 5.30. The topological polar surface area (TPSA) is 113 Å². The van der Waals surface area contributed by atoms with Gasteiger partial charge < -0.3 is 29.4 Å². The second-order valence-corrected chi connectivity index (χ2v) is 8.87. The fraction of sp³-hybridized carbons (Fsp3) is 0.214. The van der Waals surface area contributed by atoms with E-state index in [2.05, 4.69) is 6.07 Å². The summed E-state index contributed by atoms with van der Waals surface area (Å²) in [5.41, 5.74) is 7.95. The molecule has 1 heterocycles. The van der Waals surface area contributed by atoms with Crippen LogP contribution in [-0.2, 0) is 0 Å². The van der Waals surface area contributed by atoms with Gasteiger partial charge in [0.2, 0.25) is 5.88 Å². The monoisotopic (exact) mass is 554 g/mol. The highest BCUT2D eigenvalue weighted by Gasteiger charge is 2.32. The summed E-state index contributed by atoms with van der Waals surface area (Å²) in [6.45, 7) is 4.68. The minimum Gasteiger partial charge on any atom is -0.494 e. The van der Waals surface area contributed by atoms with Gasteiger partial charge in [0.15, 0.2) is 17.2 Å². The van der Waals surface area contributed by atoms with Gasteiger partial charge >= 0.3 is 5.97 Å². The standard InChI is InChI=1S/C28H24Cl2N2O6/c1-4-35-22-9-6-15(12-24(22)36-5-2)25-18-8-7-17(13-23(18)38-27(32)19(25)14-31)37-28(33)16-10-20(29)26(34-3)21(30)11-16/h6-13,25H,4-5,32H2,1-3H3. The number of methoxy groups -OCH3 is 1. The normalized spacial score (nSPS) is 14.2. The lowest BCUT2D eigenvalue weighted by Gasteiger charge is -2.27. The molecule has 2 N–H and O–H groups in total. The van der Waals surface area contributed by atoms with Gasteiger partial charge in [-0.25, -0.2) is 4.79 Å². The van der Waals surface area contributed by atoms with E-state index in [1.165, 1.54) is 25.3 Å². The first-order valence-corrected chi connectivity index (χ1v) is 12.4. The van der Waals surface area contributed by atoms with Gasteiger partial charge in [0.1, 0.15) is 23.1 Å². The number of ether oxygens (including phenoxy) is 5. The average Bonchev–Trinajstić information content (AvgIpc) is 2.89. The van der Waals surface area contributed by atoms with Gasteiger partial charge in [0, 0.05) is 11.6 Å². The average molecular weight is 555 g/mol. The summed E-state index contributed by atoms with van der Waals surface area (Å²) in [6.07, 6.45) is 0. The molecule has 0 aliphatic carbocycles. The summed E-state index contributed by atoms with van der Waals surface area (Å²) < 4.78 is 27.8. The molecule has 38 heavy (non-hydrogen) atoms. The maximum absolute atomic E-state index is 12.8. The molecule has 0 bridgehead atoms. The summed E-state index contributed by atoms with van der Waals surface area (Å²) in [7, 11) is 1.42. The van der Waals surface area contributed by atoms with E-state index in [0.29, 0.717) is 36.0 Å². The van der Waals surface area contributed by atoms with Crippen LogP contribution in [0.1, 0.15) is 41.3 Å². The molecule has 0 saturated carbocycles. The number of hydrogen-bond acceptors (Lipinski definition) is 8. The summed E-state index contributed by atoms with van der Waals surface area (Å²) in [5.74, 6) is 0.685. The maximum Gasteiger partial charge on any atom is 0.343 e. The lowest BCUT2D eigenvalue weighted by Crippen LogP contribution is -2.21. The minimum atomic E-state index is -0.683. The zero-order valence-electron chi connectivity index (χ0n) is 20.8. The highest BCUT2D eigenvalue weighted by atomic mass is 35.5. The van der Waals surface area contributed by atoms with Gasteiger partial charge in [-0.3, -0.25) is 0 Å². The summed E-state index contributed by atoms with van der Waals surface area (Å²) in [4.78, 5) is 12.8. The molecule has 0 spiro atoms. The quantitative estimate of drug-likeness (QED) is 0.257. The van der Waals surface area contributed by atoms with Crippen molar-refractivity contribution in [3.63, 3.8) is 0 Å². The number of nitrogens with zero attached hydrogens (tertiary/aromatic N) is 1. The molecular formula is C28H24Cl2N2O6. The molecule has 0 aromatic heterocycles. The van der Waals surface area contributed by atoms with Crippen molar-refractivity contribution in [2.24, 2.45) is 5.73 Å². The van der Waals surface area contributed by atoms with E-state index in [1.54, 1.807) is 18.2 Å². The van der Waals surface area contributed by atoms with Crippen molar-refractivity contribution in [1.82, 2.24) is 0 Å². The maximum atomic E-state index is 12.8. The van der Waals surface area contributed by atoms with Gasteiger partial charge in [0.05, 0.1) is 41.9 Å². The lowest BCUT2D eigenvalue weighted by molar-refractivity contribution is 0.0734. The first-order valence-electron chi connectivity index (χ1n) is 11.7. The molecule has 0 saturated heterocycles. The van der Waals surface area contributed by atoms with Crippen molar-refractivity contribution in [2.75, 3.05) is 20.3 Å². The molecule has 10 heteroatoms. The van der Waals surface area contributed by atoms with Gasteiger partial charge in [-0.2, -0.15) is 5.26 Å². The van der Waals surface area contributed by atoms with E-state index in [1.807, 2.05) is 26.0 Å². The fourth-order valence-electron chi connectivity index (χ4n) is 4.13. The lowest BCUT2D eigenvalue weighted by atomic mass is 9.83. The third-order valence-electron chi connectivity index (χ3n) is 5.74. The molecule has 1 unspecified atom stereocenters. The highest BCUT2D eigenvalue weighted by Crippen LogP contribution is 2.45. The Morgan fingerprint density at radius 3 is 2.34 bits per heavy atom. The predicted molar refractivity (Wildman–Crippen MR) is 142 cm³/mol. The van der Waals surface area contributed by atoms with Crippen LogP contribution in [0.25, 0.3) is 0 Å². The summed E-state index contributed by atoms with van der Waals surface area (Å²) in [5, 5.41) is 10.2. The highest BCUT2D eigenvalue weighted by molar-refractivity contribution is 6.37. The van der Waals surface area contributed by atoms with Gasteiger partial charge in [-0.1, -0.05) is 35.3 Å². The first-order chi connectivity index (χ1) is 18.3. The molecule has 0 radical (unpaired) electrons. The molecule has 1 atom stereocenters. The van der Waals surface area contributed by atoms with Crippen molar-refractivity contribution in [3.05, 3.63) is 86.7 Å². The molecule has 1 aliphatic rings. The number of nitrogens with two attached hydrogens (primary N) is 1. The second kappa shape index (κ2) is 11.5. The van der Waals surface area contributed by atoms with E-state index in [0.717, 1.165) is 5.56 Å². The number of halogens is 2. The molecule has 1 aliphatic heterocycles. The van der Waals surface area contributed by atoms with E-state index in [-0.39, 0.29) is 38.6 Å². The zero-order chi connectivity index (χ0) is 27.4. The van der Waals surface area contributed by atoms with Gasteiger partial charge in [-0.15, -0.1) is 0 Å². The van der Waals surface area contributed by atoms with Crippen LogP contribution in [-0.4, -0.2) is 26.3 Å². The number of rotatable bonds is 8. The van der Waals surface area contributed by atoms with Crippen molar-refractivity contribution >= 4 is 29.2 Å². The Morgan fingerprint density at radius 1 is 1.03 bits per heavy atom. The van der Waals surface area contributed by atoms with Crippen LogP contribution >= 0.6 is 23.2 Å². The largest absolute Gasteiger partial charge is 0.494 e. The van der Waals surface area contributed by atoms with Crippen LogP contribution in [0, 0.1) is 11.3 Å². The Morgan fingerprint density at radius 2 is 1.71 bits per heavy atom. The molecule has 196 valence electrons. The fourth-order valence-corrected chi connectivity index (χ4v) is 4.77. The van der Waals surface area contributed by atoms with Crippen molar-refractivity contribution < 1.29 is 28.5 Å². The minimum absolute atomic E-state index is 0.0472. The first kappa shape index (κ1) is 27.0. The Hall–Kier alpha value is -4.06. The molecule has 0 amide bonds. The van der Waals surface area contributed by atoms with Crippen molar-refractivity contribution in [2.45, 2.75) is 19.8 Å². The predicted octanol–water partition coefficient (Wildman–Crippen LogP) is 6.24. The molecule has 4 rings (SSSR count). The van der Waals surface area contributed by atoms with Gasteiger partial charge in [-0.05, 0) is 49.7 Å². The van der Waals surface area contributed by atoms with Crippen LogP contribution < -0.4 is 29.4 Å².